The molecule has 2 aromatic heterocycles. The number of rotatable bonds is 8. The Kier molecular flexibility index (Phi) is 7.81. The average molecular weight is 481 g/mol. The lowest BCUT2D eigenvalue weighted by atomic mass is 10.0. The summed E-state index contributed by atoms with van der Waals surface area (Å²) in [4.78, 5) is 12.6. The molecule has 0 unspecified atom stereocenters. The largest absolute Gasteiger partial charge is 0.486 e. The maximum Gasteiger partial charge on any atom is 0.268 e. The van der Waals surface area contributed by atoms with Gasteiger partial charge in [0.1, 0.15) is 29.8 Å². The van der Waals surface area contributed by atoms with Crippen LogP contribution in [-0.2, 0) is 11.4 Å². The average Bonchev–Trinajstić information content (AvgIpc) is 3.46. The number of carbonyl (C=O) groups is 1. The molecule has 1 aliphatic carbocycles. The minimum absolute atomic E-state index is 0.0636. The van der Waals surface area contributed by atoms with Crippen LogP contribution in [0.4, 0.5) is 5.13 Å². The first-order valence-corrected chi connectivity index (χ1v) is 12.5. The number of thioether (sulfide) groups is 1. The van der Waals surface area contributed by atoms with E-state index in [1.165, 1.54) is 49.5 Å². The van der Waals surface area contributed by atoms with Crippen molar-refractivity contribution in [2.75, 3.05) is 5.32 Å². The van der Waals surface area contributed by atoms with Gasteiger partial charge in [0.25, 0.3) is 5.91 Å². The summed E-state index contributed by atoms with van der Waals surface area (Å²) in [5, 5.41) is 22.4. The molecule has 0 saturated heterocycles. The van der Waals surface area contributed by atoms with E-state index in [1.54, 1.807) is 17.8 Å². The van der Waals surface area contributed by atoms with Crippen molar-refractivity contribution in [2.24, 2.45) is 0 Å². The number of nitriles is 1. The minimum atomic E-state index is -0.558. The molecule has 1 amide bonds. The summed E-state index contributed by atoms with van der Waals surface area (Å²) >= 11 is 2.93. The van der Waals surface area contributed by atoms with E-state index in [1.807, 2.05) is 43.3 Å². The fraction of sp³-hybridized carbons (Fsp3) is 0.333. The molecule has 1 aromatic carbocycles. The predicted octanol–water partition coefficient (Wildman–Crippen LogP) is 5.99. The number of furan rings is 1. The van der Waals surface area contributed by atoms with Gasteiger partial charge in [0.2, 0.25) is 5.13 Å². The molecular formula is C24H24N4O3S2. The summed E-state index contributed by atoms with van der Waals surface area (Å²) in [6, 6.07) is 13.3. The highest BCUT2D eigenvalue weighted by molar-refractivity contribution is 7.99. The van der Waals surface area contributed by atoms with Crippen molar-refractivity contribution in [1.29, 1.82) is 5.26 Å². The molecule has 1 N–H and O–H groups in total. The molecule has 0 spiro atoms. The Morgan fingerprint density at radius 2 is 2.15 bits per heavy atom. The Morgan fingerprint density at radius 3 is 2.94 bits per heavy atom. The van der Waals surface area contributed by atoms with Crippen LogP contribution in [0, 0.1) is 18.3 Å². The smallest absolute Gasteiger partial charge is 0.268 e. The first-order valence-electron chi connectivity index (χ1n) is 10.8. The monoisotopic (exact) mass is 480 g/mol. The molecule has 2 heterocycles. The summed E-state index contributed by atoms with van der Waals surface area (Å²) in [5.74, 6) is 0.659. The van der Waals surface area contributed by atoms with Gasteiger partial charge in [-0.1, -0.05) is 54.5 Å². The van der Waals surface area contributed by atoms with Gasteiger partial charge in [-0.3, -0.25) is 10.1 Å². The number of ether oxygens (including phenoxy) is 1. The third-order valence-corrected chi connectivity index (χ3v) is 7.20. The molecule has 0 atom stereocenters. The maximum atomic E-state index is 12.6. The van der Waals surface area contributed by atoms with Crippen LogP contribution in [0.3, 0.4) is 0 Å². The van der Waals surface area contributed by atoms with Crippen molar-refractivity contribution in [2.45, 2.75) is 56.0 Å². The second-order valence-corrected chi connectivity index (χ2v) is 10.1. The van der Waals surface area contributed by atoms with E-state index in [9.17, 15) is 10.1 Å². The van der Waals surface area contributed by atoms with Crippen LogP contribution in [0.15, 0.2) is 51.5 Å². The van der Waals surface area contributed by atoms with Gasteiger partial charge >= 0.3 is 0 Å². The quantitative estimate of drug-likeness (QED) is 0.312. The summed E-state index contributed by atoms with van der Waals surface area (Å²) in [7, 11) is 0. The third-order valence-electron chi connectivity index (χ3n) is 5.13. The van der Waals surface area contributed by atoms with E-state index >= 15 is 0 Å². The zero-order valence-corrected chi connectivity index (χ0v) is 19.9. The van der Waals surface area contributed by atoms with Gasteiger partial charge in [-0.25, -0.2) is 0 Å². The number of hydrogen-bond acceptors (Lipinski definition) is 8. The molecule has 0 bridgehead atoms. The third kappa shape index (κ3) is 6.70. The minimum Gasteiger partial charge on any atom is -0.486 e. The zero-order valence-electron chi connectivity index (χ0n) is 18.2. The normalized spacial score (nSPS) is 14.6. The number of amides is 1. The number of hydrogen-bond donors (Lipinski definition) is 1. The predicted molar refractivity (Wildman–Crippen MR) is 129 cm³/mol. The van der Waals surface area contributed by atoms with Crippen molar-refractivity contribution in [1.82, 2.24) is 10.2 Å². The SMILES string of the molecule is Cc1cccc(OCc2nnc(NC(=O)/C(C#N)=C\c3ccc(SC4CCCCC4)o3)s2)c1. The fourth-order valence-electron chi connectivity index (χ4n) is 3.49. The van der Waals surface area contributed by atoms with Gasteiger partial charge < -0.3 is 9.15 Å². The van der Waals surface area contributed by atoms with E-state index < -0.39 is 5.91 Å². The molecule has 0 aliphatic heterocycles. The highest BCUT2D eigenvalue weighted by Crippen LogP contribution is 2.34. The van der Waals surface area contributed by atoms with Gasteiger partial charge in [0.05, 0.1) is 0 Å². The standard InChI is InChI=1S/C24H24N4O3S2/c1-16-6-5-7-18(12-16)30-15-21-27-28-24(33-21)26-23(29)17(14-25)13-19-10-11-22(31-19)32-20-8-3-2-4-9-20/h5-7,10-13,20H,2-4,8-9,15H2,1H3,(H,26,28,29)/b17-13-. The molecule has 0 radical (unpaired) electrons. The second kappa shape index (κ2) is 11.2. The Labute approximate surface area is 200 Å². The highest BCUT2D eigenvalue weighted by atomic mass is 32.2. The molecule has 1 fully saturated rings. The van der Waals surface area contributed by atoms with Gasteiger partial charge in [-0.2, -0.15) is 5.26 Å². The second-order valence-electron chi connectivity index (χ2n) is 7.76. The molecule has 170 valence electrons. The van der Waals surface area contributed by atoms with Gasteiger partial charge in [0, 0.05) is 11.3 Å². The van der Waals surface area contributed by atoms with Crippen LogP contribution < -0.4 is 10.1 Å². The van der Waals surface area contributed by atoms with Crippen molar-refractivity contribution in [3.05, 3.63) is 58.3 Å². The van der Waals surface area contributed by atoms with E-state index in [0.717, 1.165) is 16.4 Å². The molecule has 7 nitrogen and oxygen atoms in total. The number of benzene rings is 1. The van der Waals surface area contributed by atoms with Crippen LogP contribution in [0.5, 0.6) is 5.75 Å². The molecule has 33 heavy (non-hydrogen) atoms. The lowest BCUT2D eigenvalue weighted by Crippen LogP contribution is -2.13. The molecule has 1 saturated carbocycles. The number of anilines is 1. The maximum absolute atomic E-state index is 12.6. The molecule has 1 aliphatic rings. The lowest BCUT2D eigenvalue weighted by molar-refractivity contribution is -0.112. The van der Waals surface area contributed by atoms with Crippen molar-refractivity contribution >= 4 is 40.2 Å². The first kappa shape index (κ1) is 23.1. The molecule has 9 heteroatoms. The molecule has 3 aromatic rings. The molecule has 4 rings (SSSR count). The van der Waals surface area contributed by atoms with Crippen LogP contribution in [0.25, 0.3) is 6.08 Å². The van der Waals surface area contributed by atoms with Crippen LogP contribution in [-0.4, -0.2) is 21.4 Å². The Morgan fingerprint density at radius 1 is 1.30 bits per heavy atom. The first-order chi connectivity index (χ1) is 16.1. The summed E-state index contributed by atoms with van der Waals surface area (Å²) in [6.45, 7) is 2.23. The number of carbonyl (C=O) groups excluding carboxylic acids is 1. The topological polar surface area (TPSA) is 101 Å². The van der Waals surface area contributed by atoms with E-state index in [-0.39, 0.29) is 12.2 Å². The van der Waals surface area contributed by atoms with Crippen molar-refractivity contribution in [3.8, 4) is 11.8 Å². The lowest BCUT2D eigenvalue weighted by Gasteiger charge is -2.19. The Bertz CT molecular complexity index is 1170. The number of nitrogens with zero attached hydrogens (tertiary/aromatic N) is 3. The fourth-order valence-corrected chi connectivity index (χ4v) is 5.33. The Hall–Kier alpha value is -3.09. The van der Waals surface area contributed by atoms with Crippen LogP contribution in [0.2, 0.25) is 0 Å². The summed E-state index contributed by atoms with van der Waals surface area (Å²) in [6.07, 6.45) is 7.66. The van der Waals surface area contributed by atoms with E-state index in [0.29, 0.717) is 21.1 Å². The molecular weight excluding hydrogens is 456 g/mol. The summed E-state index contributed by atoms with van der Waals surface area (Å²) in [5.41, 5.74) is 1.04. The number of aromatic nitrogens is 2. The Balaban J connectivity index is 1.33. The van der Waals surface area contributed by atoms with Crippen LogP contribution in [0.1, 0.15) is 48.4 Å². The zero-order chi connectivity index (χ0) is 23.0. The van der Waals surface area contributed by atoms with E-state index in [4.69, 9.17) is 9.15 Å². The number of nitrogens with one attached hydrogen (secondary N) is 1. The van der Waals surface area contributed by atoms with Gasteiger partial charge in [-0.05, 0) is 49.6 Å². The van der Waals surface area contributed by atoms with Crippen molar-refractivity contribution < 1.29 is 13.9 Å². The van der Waals surface area contributed by atoms with E-state index in [2.05, 4.69) is 15.5 Å². The number of aryl methyl sites for hydroxylation is 1. The van der Waals surface area contributed by atoms with Gasteiger partial charge in [-0.15, -0.1) is 10.2 Å². The summed E-state index contributed by atoms with van der Waals surface area (Å²) < 4.78 is 11.5. The highest BCUT2D eigenvalue weighted by Gasteiger charge is 2.17. The van der Waals surface area contributed by atoms with Gasteiger partial charge in [0.15, 0.2) is 10.1 Å². The van der Waals surface area contributed by atoms with Crippen molar-refractivity contribution in [3.63, 3.8) is 0 Å². The van der Waals surface area contributed by atoms with Crippen LogP contribution >= 0.6 is 23.1 Å².